The van der Waals surface area contributed by atoms with Crippen molar-refractivity contribution in [1.82, 2.24) is 0 Å². The van der Waals surface area contributed by atoms with Crippen LogP contribution in [0.25, 0.3) is 0 Å². The highest BCUT2D eigenvalue weighted by Crippen LogP contribution is 2.31. The maximum absolute atomic E-state index is 12.8. The molecule has 0 atom stereocenters. The summed E-state index contributed by atoms with van der Waals surface area (Å²) in [4.78, 5) is 0. The molecule has 4 heteroatoms. The van der Waals surface area contributed by atoms with Gasteiger partial charge in [-0.15, -0.1) is 0 Å². The minimum atomic E-state index is -0.254. The molecule has 1 nitrogen and oxygen atoms in total. The van der Waals surface area contributed by atoms with Crippen LogP contribution in [0.1, 0.15) is 6.92 Å². The predicted octanol–water partition coefficient (Wildman–Crippen LogP) is 3.78. The summed E-state index contributed by atoms with van der Waals surface area (Å²) in [5.41, 5.74) is 0.888. The van der Waals surface area contributed by atoms with E-state index < -0.39 is 0 Å². The maximum atomic E-state index is 12.8. The SMILES string of the molecule is CCNc1c(Br)cc(F)cc1Br. The minimum absolute atomic E-state index is 0.254. The van der Waals surface area contributed by atoms with Gasteiger partial charge in [0.05, 0.1) is 5.69 Å². The van der Waals surface area contributed by atoms with Crippen molar-refractivity contribution < 1.29 is 4.39 Å². The highest BCUT2D eigenvalue weighted by Gasteiger charge is 2.05. The number of halogens is 3. The van der Waals surface area contributed by atoms with Crippen molar-refractivity contribution in [2.45, 2.75) is 6.92 Å². The van der Waals surface area contributed by atoms with Gasteiger partial charge in [-0.25, -0.2) is 4.39 Å². The van der Waals surface area contributed by atoms with Gasteiger partial charge in [0.15, 0.2) is 0 Å². The lowest BCUT2D eigenvalue weighted by molar-refractivity contribution is 0.626. The molecule has 0 aliphatic carbocycles. The van der Waals surface area contributed by atoms with Gasteiger partial charge >= 0.3 is 0 Å². The van der Waals surface area contributed by atoms with Gasteiger partial charge in [0.2, 0.25) is 0 Å². The number of hydrogen-bond acceptors (Lipinski definition) is 1. The molecule has 1 N–H and O–H groups in total. The van der Waals surface area contributed by atoms with E-state index in [1.807, 2.05) is 6.92 Å². The first-order valence-corrected chi connectivity index (χ1v) is 5.12. The summed E-state index contributed by atoms with van der Waals surface area (Å²) in [5, 5.41) is 3.11. The molecule has 0 saturated heterocycles. The van der Waals surface area contributed by atoms with Crippen LogP contribution in [-0.2, 0) is 0 Å². The van der Waals surface area contributed by atoms with Crippen molar-refractivity contribution in [3.63, 3.8) is 0 Å². The van der Waals surface area contributed by atoms with Crippen molar-refractivity contribution in [1.29, 1.82) is 0 Å². The van der Waals surface area contributed by atoms with Crippen LogP contribution >= 0.6 is 31.9 Å². The van der Waals surface area contributed by atoms with E-state index in [9.17, 15) is 4.39 Å². The Morgan fingerprint density at radius 2 is 1.83 bits per heavy atom. The molecule has 0 amide bonds. The van der Waals surface area contributed by atoms with Gasteiger partial charge < -0.3 is 5.32 Å². The van der Waals surface area contributed by atoms with Crippen molar-refractivity contribution in [3.8, 4) is 0 Å². The first-order valence-electron chi connectivity index (χ1n) is 3.53. The summed E-state index contributed by atoms with van der Waals surface area (Å²) in [6.45, 7) is 2.80. The monoisotopic (exact) mass is 295 g/mol. The van der Waals surface area contributed by atoms with Crippen molar-refractivity contribution in [2.75, 3.05) is 11.9 Å². The van der Waals surface area contributed by atoms with E-state index in [4.69, 9.17) is 0 Å². The second-order valence-corrected chi connectivity index (χ2v) is 3.98. The van der Waals surface area contributed by atoms with Crippen molar-refractivity contribution in [3.05, 3.63) is 26.9 Å². The van der Waals surface area contributed by atoms with Gasteiger partial charge in [-0.3, -0.25) is 0 Å². The Bertz CT molecular complexity index is 265. The van der Waals surface area contributed by atoms with E-state index in [1.54, 1.807) is 0 Å². The lowest BCUT2D eigenvalue weighted by Gasteiger charge is -2.08. The van der Waals surface area contributed by atoms with Crippen LogP contribution in [0, 0.1) is 5.82 Å². The molecule has 0 heterocycles. The summed E-state index contributed by atoms with van der Waals surface area (Å²) < 4.78 is 14.2. The normalized spacial score (nSPS) is 10.0. The number of rotatable bonds is 2. The molecule has 0 bridgehead atoms. The van der Waals surface area contributed by atoms with E-state index in [2.05, 4.69) is 37.2 Å². The minimum Gasteiger partial charge on any atom is -0.383 e. The lowest BCUT2D eigenvalue weighted by Crippen LogP contribution is -1.98. The van der Waals surface area contributed by atoms with Crippen LogP contribution in [0.5, 0.6) is 0 Å². The van der Waals surface area contributed by atoms with Gasteiger partial charge in [-0.1, -0.05) is 0 Å². The summed E-state index contributed by atoms with van der Waals surface area (Å²) >= 11 is 6.53. The highest BCUT2D eigenvalue weighted by atomic mass is 79.9. The predicted molar refractivity (Wildman–Crippen MR) is 56.0 cm³/mol. The Kier molecular flexibility index (Phi) is 3.53. The van der Waals surface area contributed by atoms with Crippen LogP contribution in [0.15, 0.2) is 21.1 Å². The number of hydrogen-bond donors (Lipinski definition) is 1. The average molecular weight is 297 g/mol. The molecule has 0 radical (unpaired) electrons. The molecule has 1 aromatic carbocycles. The van der Waals surface area contributed by atoms with Crippen LogP contribution in [-0.4, -0.2) is 6.54 Å². The van der Waals surface area contributed by atoms with E-state index in [-0.39, 0.29) is 5.82 Å². The van der Waals surface area contributed by atoms with Crippen LogP contribution < -0.4 is 5.32 Å². The zero-order chi connectivity index (χ0) is 9.14. The first-order chi connectivity index (χ1) is 5.65. The molecule has 66 valence electrons. The molecular weight excluding hydrogens is 289 g/mol. The van der Waals surface area contributed by atoms with E-state index in [1.165, 1.54) is 12.1 Å². The second kappa shape index (κ2) is 4.23. The standard InChI is InChI=1S/C8H8Br2FN/c1-2-12-8-6(9)3-5(11)4-7(8)10/h3-4,12H,2H2,1H3. The zero-order valence-electron chi connectivity index (χ0n) is 6.50. The Labute approximate surface area is 87.6 Å². The third kappa shape index (κ3) is 2.20. The quantitative estimate of drug-likeness (QED) is 0.876. The smallest absolute Gasteiger partial charge is 0.125 e. The Hall–Kier alpha value is -0.0900. The number of benzene rings is 1. The average Bonchev–Trinajstić information content (AvgIpc) is 1.96. The fourth-order valence-electron chi connectivity index (χ4n) is 0.888. The fourth-order valence-corrected chi connectivity index (χ4v) is 2.30. The Balaban J connectivity index is 3.10. The van der Waals surface area contributed by atoms with Gasteiger partial charge in [0.25, 0.3) is 0 Å². The first kappa shape index (κ1) is 9.99. The molecule has 1 aromatic rings. The molecular formula is C8H8Br2FN. The summed E-state index contributed by atoms with van der Waals surface area (Å²) in [7, 11) is 0. The summed E-state index contributed by atoms with van der Waals surface area (Å²) in [6, 6.07) is 2.87. The van der Waals surface area contributed by atoms with E-state index in [0.29, 0.717) is 0 Å². The molecule has 0 fully saturated rings. The van der Waals surface area contributed by atoms with E-state index in [0.717, 1.165) is 21.2 Å². The second-order valence-electron chi connectivity index (χ2n) is 2.27. The molecule has 0 saturated carbocycles. The van der Waals surface area contributed by atoms with Gasteiger partial charge in [-0.05, 0) is 50.9 Å². The topological polar surface area (TPSA) is 12.0 Å². The molecule has 0 spiro atoms. The molecule has 0 aromatic heterocycles. The third-order valence-corrected chi connectivity index (χ3v) is 2.61. The lowest BCUT2D eigenvalue weighted by atomic mass is 10.3. The van der Waals surface area contributed by atoms with E-state index >= 15 is 0 Å². The van der Waals surface area contributed by atoms with Gasteiger partial charge in [0.1, 0.15) is 5.82 Å². The highest BCUT2D eigenvalue weighted by molar-refractivity contribution is 9.11. The van der Waals surface area contributed by atoms with Gasteiger partial charge in [0, 0.05) is 15.5 Å². The summed E-state index contributed by atoms with van der Waals surface area (Å²) in [6.07, 6.45) is 0. The molecule has 0 aliphatic heterocycles. The molecule has 12 heavy (non-hydrogen) atoms. The van der Waals surface area contributed by atoms with Crippen LogP contribution in [0.3, 0.4) is 0 Å². The van der Waals surface area contributed by atoms with Crippen molar-refractivity contribution in [2.24, 2.45) is 0 Å². The molecule has 0 aliphatic rings. The van der Waals surface area contributed by atoms with Gasteiger partial charge in [-0.2, -0.15) is 0 Å². The molecule has 1 rings (SSSR count). The maximum Gasteiger partial charge on any atom is 0.125 e. The number of anilines is 1. The Morgan fingerprint density at radius 1 is 1.33 bits per heavy atom. The number of nitrogens with one attached hydrogen (secondary N) is 1. The van der Waals surface area contributed by atoms with Crippen LogP contribution in [0.2, 0.25) is 0 Å². The molecule has 0 unspecified atom stereocenters. The largest absolute Gasteiger partial charge is 0.383 e. The van der Waals surface area contributed by atoms with Crippen LogP contribution in [0.4, 0.5) is 10.1 Å². The summed E-state index contributed by atoms with van der Waals surface area (Å²) in [5.74, 6) is -0.254. The Morgan fingerprint density at radius 3 is 2.25 bits per heavy atom. The third-order valence-electron chi connectivity index (χ3n) is 1.36. The van der Waals surface area contributed by atoms with Crippen molar-refractivity contribution >= 4 is 37.5 Å². The zero-order valence-corrected chi connectivity index (χ0v) is 9.67. The fraction of sp³-hybridized carbons (Fsp3) is 0.250.